The van der Waals surface area contributed by atoms with E-state index < -0.39 is 0 Å². The topological polar surface area (TPSA) is 51.5 Å². The summed E-state index contributed by atoms with van der Waals surface area (Å²) in [5.74, 6) is 1.57. The van der Waals surface area contributed by atoms with E-state index in [4.69, 9.17) is 19.5 Å². The van der Waals surface area contributed by atoms with Gasteiger partial charge in [-0.1, -0.05) is 6.07 Å². The van der Waals surface area contributed by atoms with Crippen LogP contribution >= 0.6 is 0 Å². The number of nitriles is 1. The zero-order valence-corrected chi connectivity index (χ0v) is 9.69. The fraction of sp³-hybridized carbons (Fsp3) is 0.417. The largest absolute Gasteiger partial charge is 0.493 e. The quantitative estimate of drug-likeness (QED) is 0.765. The van der Waals surface area contributed by atoms with E-state index in [2.05, 4.69) is 6.07 Å². The first-order valence-electron chi connectivity index (χ1n) is 4.96. The van der Waals surface area contributed by atoms with Gasteiger partial charge in [-0.05, 0) is 19.1 Å². The Balaban J connectivity index is 2.87. The van der Waals surface area contributed by atoms with E-state index in [1.165, 1.54) is 0 Å². The smallest absolute Gasteiger partial charge is 0.203 e. The van der Waals surface area contributed by atoms with Crippen molar-refractivity contribution < 1.29 is 14.2 Å². The first-order valence-corrected chi connectivity index (χ1v) is 4.96. The summed E-state index contributed by atoms with van der Waals surface area (Å²) in [4.78, 5) is 0. The fourth-order valence-electron chi connectivity index (χ4n) is 1.21. The minimum absolute atomic E-state index is 0.172. The molecule has 1 atom stereocenters. The lowest BCUT2D eigenvalue weighted by Gasteiger charge is -2.14. The van der Waals surface area contributed by atoms with Crippen molar-refractivity contribution in [3.63, 3.8) is 0 Å². The Hall–Kier alpha value is -1.89. The Bertz CT molecular complexity index is 362. The van der Waals surface area contributed by atoms with Gasteiger partial charge in [-0.3, -0.25) is 0 Å². The molecule has 0 spiro atoms. The van der Waals surface area contributed by atoms with Crippen molar-refractivity contribution in [3.05, 3.63) is 18.2 Å². The standard InChI is InChI=1S/C12H15NO3/c1-9(7-13)8-16-12-10(14-2)5-4-6-11(12)15-3/h4-6,9H,8H2,1-3H3. The Morgan fingerprint density at radius 3 is 2.25 bits per heavy atom. The first-order chi connectivity index (χ1) is 7.72. The fourth-order valence-corrected chi connectivity index (χ4v) is 1.21. The average molecular weight is 221 g/mol. The molecule has 1 rings (SSSR count). The second-order valence-electron chi connectivity index (χ2n) is 3.33. The van der Waals surface area contributed by atoms with Gasteiger partial charge in [0.2, 0.25) is 5.75 Å². The summed E-state index contributed by atoms with van der Waals surface area (Å²) in [7, 11) is 3.13. The lowest BCUT2D eigenvalue weighted by molar-refractivity contribution is 0.255. The van der Waals surface area contributed by atoms with Gasteiger partial charge in [-0.25, -0.2) is 0 Å². The number of nitrogens with zero attached hydrogens (tertiary/aromatic N) is 1. The van der Waals surface area contributed by atoms with E-state index in [-0.39, 0.29) is 5.92 Å². The van der Waals surface area contributed by atoms with Crippen LogP contribution in [0, 0.1) is 17.2 Å². The van der Waals surface area contributed by atoms with Crippen LogP contribution in [0.25, 0.3) is 0 Å². The second-order valence-corrected chi connectivity index (χ2v) is 3.33. The molecule has 0 saturated heterocycles. The summed E-state index contributed by atoms with van der Waals surface area (Å²) < 4.78 is 15.9. The zero-order valence-electron chi connectivity index (χ0n) is 9.69. The Morgan fingerprint density at radius 2 is 1.81 bits per heavy atom. The van der Waals surface area contributed by atoms with Crippen LogP contribution in [-0.4, -0.2) is 20.8 Å². The van der Waals surface area contributed by atoms with Crippen LogP contribution in [0.4, 0.5) is 0 Å². The highest BCUT2D eigenvalue weighted by atomic mass is 16.5. The summed E-state index contributed by atoms with van der Waals surface area (Å²) in [5, 5.41) is 8.67. The molecule has 0 N–H and O–H groups in total. The molecule has 0 aliphatic heterocycles. The first kappa shape index (κ1) is 12.2. The third-order valence-corrected chi connectivity index (χ3v) is 2.08. The number of benzene rings is 1. The van der Waals surface area contributed by atoms with Gasteiger partial charge >= 0.3 is 0 Å². The predicted octanol–water partition coefficient (Wildman–Crippen LogP) is 2.24. The van der Waals surface area contributed by atoms with E-state index in [0.29, 0.717) is 23.9 Å². The third kappa shape index (κ3) is 2.80. The molecule has 0 fully saturated rings. The molecule has 86 valence electrons. The number of hydrogen-bond acceptors (Lipinski definition) is 4. The van der Waals surface area contributed by atoms with Gasteiger partial charge in [0, 0.05) is 0 Å². The molecule has 1 unspecified atom stereocenters. The molecule has 0 bridgehead atoms. The van der Waals surface area contributed by atoms with Crippen molar-refractivity contribution in [1.29, 1.82) is 5.26 Å². The number of hydrogen-bond donors (Lipinski definition) is 0. The monoisotopic (exact) mass is 221 g/mol. The highest BCUT2D eigenvalue weighted by molar-refractivity contribution is 5.51. The van der Waals surface area contributed by atoms with Gasteiger partial charge in [0.15, 0.2) is 11.5 Å². The summed E-state index contributed by atoms with van der Waals surface area (Å²) >= 11 is 0. The summed E-state index contributed by atoms with van der Waals surface area (Å²) in [6.07, 6.45) is 0. The van der Waals surface area contributed by atoms with E-state index in [1.807, 2.05) is 6.07 Å². The molecule has 0 radical (unpaired) electrons. The molecule has 1 aromatic carbocycles. The second kappa shape index (κ2) is 5.86. The highest BCUT2D eigenvalue weighted by Gasteiger charge is 2.12. The molecule has 0 aliphatic rings. The molecular weight excluding hydrogens is 206 g/mol. The van der Waals surface area contributed by atoms with Crippen LogP contribution < -0.4 is 14.2 Å². The van der Waals surface area contributed by atoms with Crippen molar-refractivity contribution in [2.75, 3.05) is 20.8 Å². The number of methoxy groups -OCH3 is 2. The zero-order chi connectivity index (χ0) is 12.0. The molecule has 4 nitrogen and oxygen atoms in total. The van der Waals surface area contributed by atoms with E-state index in [1.54, 1.807) is 33.3 Å². The molecular formula is C12H15NO3. The van der Waals surface area contributed by atoms with Crippen molar-refractivity contribution in [3.8, 4) is 23.3 Å². The normalized spacial score (nSPS) is 11.4. The van der Waals surface area contributed by atoms with E-state index in [9.17, 15) is 0 Å². The van der Waals surface area contributed by atoms with Gasteiger partial charge in [-0.2, -0.15) is 5.26 Å². The Labute approximate surface area is 95.4 Å². The molecule has 1 aromatic rings. The highest BCUT2D eigenvalue weighted by Crippen LogP contribution is 2.36. The van der Waals surface area contributed by atoms with E-state index >= 15 is 0 Å². The maximum Gasteiger partial charge on any atom is 0.203 e. The molecule has 4 heteroatoms. The minimum atomic E-state index is -0.172. The van der Waals surface area contributed by atoms with Crippen LogP contribution in [0.3, 0.4) is 0 Å². The lowest BCUT2D eigenvalue weighted by Crippen LogP contribution is -2.07. The van der Waals surface area contributed by atoms with Gasteiger partial charge in [0.25, 0.3) is 0 Å². The van der Waals surface area contributed by atoms with Gasteiger partial charge in [0.05, 0.1) is 26.2 Å². The van der Waals surface area contributed by atoms with Gasteiger partial charge < -0.3 is 14.2 Å². The summed E-state index contributed by atoms with van der Waals surface area (Å²) in [5.41, 5.74) is 0. The van der Waals surface area contributed by atoms with Gasteiger partial charge in [0.1, 0.15) is 6.61 Å². The molecule has 0 amide bonds. The summed E-state index contributed by atoms with van der Waals surface area (Å²) in [6.45, 7) is 2.11. The SMILES string of the molecule is COc1cccc(OC)c1OCC(C)C#N. The van der Waals surface area contributed by atoms with Crippen LogP contribution in [0.1, 0.15) is 6.92 Å². The maximum atomic E-state index is 8.67. The van der Waals surface area contributed by atoms with Crippen LogP contribution in [0.2, 0.25) is 0 Å². The molecule has 0 saturated carbocycles. The number of rotatable bonds is 5. The lowest BCUT2D eigenvalue weighted by atomic mass is 10.2. The van der Waals surface area contributed by atoms with Crippen LogP contribution in [-0.2, 0) is 0 Å². The van der Waals surface area contributed by atoms with Crippen molar-refractivity contribution in [2.24, 2.45) is 5.92 Å². The molecule has 0 aliphatic carbocycles. The van der Waals surface area contributed by atoms with Crippen LogP contribution in [0.15, 0.2) is 18.2 Å². The molecule has 0 aromatic heterocycles. The van der Waals surface area contributed by atoms with Crippen molar-refractivity contribution >= 4 is 0 Å². The number of ether oxygens (including phenoxy) is 3. The van der Waals surface area contributed by atoms with Crippen LogP contribution in [0.5, 0.6) is 17.2 Å². The van der Waals surface area contributed by atoms with Gasteiger partial charge in [-0.15, -0.1) is 0 Å². The molecule has 0 heterocycles. The Kier molecular flexibility index (Phi) is 4.46. The number of para-hydroxylation sites is 1. The maximum absolute atomic E-state index is 8.67. The summed E-state index contributed by atoms with van der Waals surface area (Å²) in [6, 6.07) is 7.49. The average Bonchev–Trinajstić information content (AvgIpc) is 2.35. The Morgan fingerprint density at radius 1 is 1.25 bits per heavy atom. The van der Waals surface area contributed by atoms with E-state index in [0.717, 1.165) is 0 Å². The minimum Gasteiger partial charge on any atom is -0.493 e. The van der Waals surface area contributed by atoms with Crippen molar-refractivity contribution in [1.82, 2.24) is 0 Å². The molecule has 16 heavy (non-hydrogen) atoms. The van der Waals surface area contributed by atoms with Crippen molar-refractivity contribution in [2.45, 2.75) is 6.92 Å². The predicted molar refractivity (Wildman–Crippen MR) is 59.8 cm³/mol. The third-order valence-electron chi connectivity index (χ3n) is 2.08.